The van der Waals surface area contributed by atoms with Crippen LogP contribution in [-0.2, 0) is 24.8 Å². The normalized spacial score (nSPS) is 21.5. The molecule has 2 heterocycles. The zero-order valence-corrected chi connectivity index (χ0v) is 28.8. The third kappa shape index (κ3) is 7.28. The lowest BCUT2D eigenvalue weighted by molar-refractivity contribution is -0.144. The monoisotopic (exact) mass is 685 g/mol. The zero-order chi connectivity index (χ0) is 35.6. The lowest BCUT2D eigenvalue weighted by Gasteiger charge is -2.34. The van der Waals surface area contributed by atoms with Crippen molar-refractivity contribution in [2.75, 3.05) is 6.54 Å². The van der Waals surface area contributed by atoms with Crippen LogP contribution >= 0.6 is 0 Å². The summed E-state index contributed by atoms with van der Waals surface area (Å²) in [6.07, 6.45) is 8.87. The summed E-state index contributed by atoms with van der Waals surface area (Å²) in [6, 6.07) is 10.6. The fourth-order valence-corrected chi connectivity index (χ4v) is 8.13. The van der Waals surface area contributed by atoms with Gasteiger partial charge in [0.15, 0.2) is 0 Å². The molecule has 0 unspecified atom stereocenters. The summed E-state index contributed by atoms with van der Waals surface area (Å²) in [6.45, 7) is 3.26. The summed E-state index contributed by atoms with van der Waals surface area (Å²) in [5.74, 6) is -3.15. The molecule has 0 bridgehead atoms. The molecule has 4 amide bonds. The van der Waals surface area contributed by atoms with E-state index < -0.39 is 52.8 Å². The van der Waals surface area contributed by atoms with E-state index in [1.54, 1.807) is 26.0 Å². The van der Waals surface area contributed by atoms with Crippen LogP contribution in [0, 0.1) is 5.92 Å². The molecule has 2 aliphatic carbocycles. The molecule has 1 saturated heterocycles. The highest BCUT2D eigenvalue weighted by atomic mass is 16.3. The first-order valence-electron chi connectivity index (χ1n) is 17.8. The molecule has 6 rings (SSSR count). The van der Waals surface area contributed by atoms with Gasteiger partial charge in [0.1, 0.15) is 23.2 Å². The number of fused-ring (bicyclic) bond motifs is 1. The van der Waals surface area contributed by atoms with Crippen LogP contribution in [0.25, 0.3) is 10.8 Å². The lowest BCUT2D eigenvalue weighted by atomic mass is 9.84. The fourth-order valence-electron chi connectivity index (χ4n) is 8.13. The maximum atomic E-state index is 14.8. The molecular formula is C37H47N7O6. The van der Waals surface area contributed by atoms with Gasteiger partial charge in [0.05, 0.1) is 17.9 Å². The van der Waals surface area contributed by atoms with Crippen LogP contribution in [0.2, 0.25) is 0 Å². The number of ketones is 1. The first-order valence-corrected chi connectivity index (χ1v) is 17.8. The van der Waals surface area contributed by atoms with Crippen molar-refractivity contribution in [3.8, 4) is 0 Å². The molecule has 0 spiro atoms. The molecule has 1 aliphatic heterocycles. The molecule has 13 heteroatoms. The van der Waals surface area contributed by atoms with Gasteiger partial charge in [-0.15, -0.1) is 5.10 Å². The Balaban J connectivity index is 1.33. The lowest BCUT2D eigenvalue weighted by Crippen LogP contribution is -2.61. The van der Waals surface area contributed by atoms with E-state index in [1.807, 2.05) is 30.3 Å². The van der Waals surface area contributed by atoms with Gasteiger partial charge in [-0.25, -0.2) is 4.68 Å². The van der Waals surface area contributed by atoms with Gasteiger partial charge in [0, 0.05) is 18.5 Å². The van der Waals surface area contributed by atoms with E-state index in [4.69, 9.17) is 5.73 Å². The van der Waals surface area contributed by atoms with Gasteiger partial charge < -0.3 is 26.4 Å². The fraction of sp³-hybridized carbons (Fsp3) is 0.541. The quantitative estimate of drug-likeness (QED) is 0.222. The van der Waals surface area contributed by atoms with E-state index in [2.05, 4.69) is 20.9 Å². The van der Waals surface area contributed by atoms with Crippen LogP contribution in [0.3, 0.4) is 0 Å². The summed E-state index contributed by atoms with van der Waals surface area (Å²) in [4.78, 5) is 69.3. The summed E-state index contributed by atoms with van der Waals surface area (Å²) in [7, 11) is 0. The standard InChI is InChI=1S/C37H47N7O6/c1-36(2,50)30-21-39-42-44(30)27-20-29(34(48)41-37(16-8-9-17-37)31(45)32(38)46)43(22-27)35(49)28(18-23-10-4-3-5-11-23)40-33(47)26-15-14-24-12-6-7-13-25(24)19-26/h6-7,12-15,19,21,23,27-29,50H,3-5,8-11,16-18,20,22H2,1-2H3,(H2,38,46)(H,40,47)(H,41,48)/t27-,28+,29-/m0/s1. The minimum atomic E-state index is -1.44. The number of Topliss-reactive ketones (excluding diaryl/α,β-unsaturated/α-hetero) is 1. The molecule has 1 aromatic heterocycles. The van der Waals surface area contributed by atoms with E-state index in [0.717, 1.165) is 42.9 Å². The number of benzene rings is 2. The molecule has 266 valence electrons. The second kappa shape index (κ2) is 14.3. The summed E-state index contributed by atoms with van der Waals surface area (Å²) < 4.78 is 1.54. The Labute approximate surface area is 291 Å². The van der Waals surface area contributed by atoms with Crippen LogP contribution < -0.4 is 16.4 Å². The molecule has 5 N–H and O–H groups in total. The third-order valence-corrected chi connectivity index (χ3v) is 10.8. The Bertz CT molecular complexity index is 1770. The SMILES string of the molecule is CC(C)(O)c1cnnn1[C@H]1C[C@@H](C(=O)NC2(C(=O)C(N)=O)CCCC2)N(C(=O)[C@@H](CC2CCCCC2)NC(=O)c2ccc3ccccc3c2)C1. The second-order valence-corrected chi connectivity index (χ2v) is 14.8. The van der Waals surface area contributed by atoms with Gasteiger partial charge in [-0.1, -0.05) is 80.5 Å². The summed E-state index contributed by atoms with van der Waals surface area (Å²) >= 11 is 0. The van der Waals surface area contributed by atoms with Gasteiger partial charge >= 0.3 is 0 Å². The van der Waals surface area contributed by atoms with Crippen molar-refractivity contribution in [1.82, 2.24) is 30.5 Å². The van der Waals surface area contributed by atoms with Crippen LogP contribution in [0.5, 0.6) is 0 Å². The minimum absolute atomic E-state index is 0.0487. The first-order chi connectivity index (χ1) is 23.9. The highest BCUT2D eigenvalue weighted by Gasteiger charge is 2.50. The average Bonchev–Trinajstić information content (AvgIpc) is 3.88. The number of hydrogen-bond donors (Lipinski definition) is 4. The highest BCUT2D eigenvalue weighted by molar-refractivity contribution is 6.39. The van der Waals surface area contributed by atoms with Crippen molar-refractivity contribution in [3.05, 3.63) is 59.9 Å². The smallest absolute Gasteiger partial charge is 0.287 e. The number of carbonyl (C=O) groups excluding carboxylic acids is 5. The van der Waals surface area contributed by atoms with Crippen LogP contribution in [0.15, 0.2) is 48.7 Å². The molecule has 13 nitrogen and oxygen atoms in total. The first kappa shape index (κ1) is 35.2. The Morgan fingerprint density at radius 2 is 1.70 bits per heavy atom. The van der Waals surface area contributed by atoms with Crippen molar-refractivity contribution in [2.24, 2.45) is 11.7 Å². The van der Waals surface area contributed by atoms with Crippen LogP contribution in [0.1, 0.15) is 107 Å². The van der Waals surface area contributed by atoms with Gasteiger partial charge in [-0.05, 0) is 61.9 Å². The number of nitrogens with two attached hydrogens (primary N) is 1. The van der Waals surface area contributed by atoms with Crippen molar-refractivity contribution in [1.29, 1.82) is 0 Å². The molecule has 0 radical (unpaired) electrons. The summed E-state index contributed by atoms with van der Waals surface area (Å²) in [5.41, 5.74) is 3.50. The predicted octanol–water partition coefficient (Wildman–Crippen LogP) is 3.05. The highest BCUT2D eigenvalue weighted by Crippen LogP contribution is 2.36. The molecule has 3 fully saturated rings. The van der Waals surface area contributed by atoms with Crippen molar-refractivity contribution in [2.45, 2.75) is 114 Å². The molecule has 3 aromatic rings. The Kier molecular flexibility index (Phi) is 10.1. The van der Waals surface area contributed by atoms with Crippen molar-refractivity contribution in [3.63, 3.8) is 0 Å². The number of hydrogen-bond acceptors (Lipinski definition) is 8. The van der Waals surface area contributed by atoms with Gasteiger partial charge in [-0.2, -0.15) is 0 Å². The number of nitrogens with one attached hydrogen (secondary N) is 2. The number of primary amides is 1. The molecular weight excluding hydrogens is 638 g/mol. The van der Waals surface area contributed by atoms with Gasteiger partial charge in [-0.3, -0.25) is 24.0 Å². The second-order valence-electron chi connectivity index (χ2n) is 14.8. The number of aliphatic hydroxyl groups is 1. The Hall–Kier alpha value is -4.65. The number of carbonyl (C=O) groups is 5. The molecule has 3 aliphatic rings. The van der Waals surface area contributed by atoms with E-state index in [9.17, 15) is 29.1 Å². The summed E-state index contributed by atoms with van der Waals surface area (Å²) in [5, 5.41) is 26.9. The maximum Gasteiger partial charge on any atom is 0.287 e. The molecule has 3 atom stereocenters. The van der Waals surface area contributed by atoms with Crippen LogP contribution in [0.4, 0.5) is 0 Å². The number of likely N-dealkylation sites (tertiary alicyclic amines) is 1. The Morgan fingerprint density at radius 1 is 1.00 bits per heavy atom. The zero-order valence-electron chi connectivity index (χ0n) is 28.8. The topological polar surface area (TPSA) is 190 Å². The molecule has 2 saturated carbocycles. The van der Waals surface area contributed by atoms with Gasteiger partial charge in [0.2, 0.25) is 17.6 Å². The predicted molar refractivity (Wildman–Crippen MR) is 184 cm³/mol. The van der Waals surface area contributed by atoms with E-state index >= 15 is 0 Å². The Morgan fingerprint density at radius 3 is 2.38 bits per heavy atom. The molecule has 2 aromatic carbocycles. The molecule has 50 heavy (non-hydrogen) atoms. The van der Waals surface area contributed by atoms with Crippen molar-refractivity contribution >= 4 is 40.2 Å². The van der Waals surface area contributed by atoms with Crippen LogP contribution in [-0.4, -0.2) is 78.6 Å². The maximum absolute atomic E-state index is 14.8. The number of rotatable bonds is 11. The van der Waals surface area contributed by atoms with E-state index in [-0.39, 0.29) is 37.6 Å². The third-order valence-electron chi connectivity index (χ3n) is 10.8. The average molecular weight is 686 g/mol. The largest absolute Gasteiger partial charge is 0.384 e. The van der Waals surface area contributed by atoms with E-state index in [1.165, 1.54) is 15.8 Å². The van der Waals surface area contributed by atoms with E-state index in [0.29, 0.717) is 30.5 Å². The number of nitrogens with zero attached hydrogens (tertiary/aromatic N) is 4. The number of aromatic nitrogens is 3. The number of amides is 4. The minimum Gasteiger partial charge on any atom is -0.384 e. The van der Waals surface area contributed by atoms with Crippen molar-refractivity contribution < 1.29 is 29.1 Å². The van der Waals surface area contributed by atoms with Gasteiger partial charge in [0.25, 0.3) is 11.8 Å².